The fourth-order valence-electron chi connectivity index (χ4n) is 1.88. The summed E-state index contributed by atoms with van der Waals surface area (Å²) in [5.41, 5.74) is 3.92. The van der Waals surface area contributed by atoms with Gasteiger partial charge in [-0.1, -0.05) is 12.2 Å². The molecule has 1 nitrogen and oxygen atoms in total. The molecule has 1 aliphatic carbocycles. The van der Waals surface area contributed by atoms with E-state index in [2.05, 4.69) is 19.1 Å². The minimum Gasteiger partial charge on any atom is -0.299 e. The molecule has 0 aliphatic heterocycles. The van der Waals surface area contributed by atoms with Crippen molar-refractivity contribution in [3.63, 3.8) is 0 Å². The van der Waals surface area contributed by atoms with Crippen LogP contribution in [0, 0.1) is 0 Å². The first kappa shape index (κ1) is 11.0. The first-order valence-corrected chi connectivity index (χ1v) is 5.26. The van der Waals surface area contributed by atoms with Gasteiger partial charge in [0.15, 0.2) is 0 Å². The third-order valence-corrected chi connectivity index (χ3v) is 2.64. The standard InChI is InChI=1S/C13H18O/c1-3-12-6-4-5-7-13(12)10-11(2)8-9-14/h3,8-10H,4-7H2,1-2H3/b11-8+,12-3-,13-10+. The highest BCUT2D eigenvalue weighted by Crippen LogP contribution is 2.29. The van der Waals surface area contributed by atoms with Gasteiger partial charge in [-0.05, 0) is 62.3 Å². The van der Waals surface area contributed by atoms with Crippen LogP contribution in [-0.2, 0) is 4.79 Å². The molecule has 14 heavy (non-hydrogen) atoms. The van der Waals surface area contributed by atoms with E-state index in [-0.39, 0.29) is 0 Å². The molecule has 0 amide bonds. The lowest BCUT2D eigenvalue weighted by Gasteiger charge is -2.17. The maximum Gasteiger partial charge on any atom is 0.143 e. The average Bonchev–Trinajstić information content (AvgIpc) is 2.19. The van der Waals surface area contributed by atoms with Crippen molar-refractivity contribution in [1.82, 2.24) is 0 Å². The van der Waals surface area contributed by atoms with Crippen LogP contribution in [0.15, 0.2) is 34.9 Å². The van der Waals surface area contributed by atoms with Crippen molar-refractivity contribution in [2.45, 2.75) is 39.5 Å². The van der Waals surface area contributed by atoms with Crippen LogP contribution in [0.4, 0.5) is 0 Å². The smallest absolute Gasteiger partial charge is 0.143 e. The van der Waals surface area contributed by atoms with Crippen molar-refractivity contribution in [2.75, 3.05) is 0 Å². The van der Waals surface area contributed by atoms with E-state index in [1.807, 2.05) is 6.92 Å². The van der Waals surface area contributed by atoms with Gasteiger partial charge in [0.2, 0.25) is 0 Å². The monoisotopic (exact) mass is 190 g/mol. The Hall–Kier alpha value is -1.11. The van der Waals surface area contributed by atoms with Crippen molar-refractivity contribution in [3.8, 4) is 0 Å². The second-order valence-corrected chi connectivity index (χ2v) is 3.74. The third-order valence-electron chi connectivity index (χ3n) is 2.64. The van der Waals surface area contributed by atoms with Crippen molar-refractivity contribution in [3.05, 3.63) is 34.9 Å². The summed E-state index contributed by atoms with van der Waals surface area (Å²) in [7, 11) is 0. The Morgan fingerprint density at radius 2 is 1.86 bits per heavy atom. The molecule has 1 aliphatic rings. The van der Waals surface area contributed by atoms with E-state index in [4.69, 9.17) is 0 Å². The number of aldehydes is 1. The number of allylic oxidation sites excluding steroid dienone is 6. The van der Waals surface area contributed by atoms with E-state index in [1.54, 1.807) is 6.08 Å². The third kappa shape index (κ3) is 2.99. The lowest BCUT2D eigenvalue weighted by molar-refractivity contribution is -0.104. The summed E-state index contributed by atoms with van der Waals surface area (Å²) < 4.78 is 0. The van der Waals surface area contributed by atoms with Crippen molar-refractivity contribution >= 4 is 6.29 Å². The minimum absolute atomic E-state index is 0.852. The van der Waals surface area contributed by atoms with E-state index in [1.165, 1.54) is 30.4 Å². The van der Waals surface area contributed by atoms with Crippen molar-refractivity contribution < 1.29 is 4.79 Å². The lowest BCUT2D eigenvalue weighted by Crippen LogP contribution is -1.98. The van der Waals surface area contributed by atoms with Crippen LogP contribution in [0.3, 0.4) is 0 Å². The normalized spacial score (nSPS) is 24.3. The molecule has 0 spiro atoms. The van der Waals surface area contributed by atoms with Gasteiger partial charge in [0.25, 0.3) is 0 Å². The van der Waals surface area contributed by atoms with Crippen LogP contribution in [-0.4, -0.2) is 6.29 Å². The van der Waals surface area contributed by atoms with Gasteiger partial charge in [-0.3, -0.25) is 4.79 Å². The Morgan fingerprint density at radius 1 is 1.21 bits per heavy atom. The van der Waals surface area contributed by atoms with Gasteiger partial charge in [0.05, 0.1) is 0 Å². The number of rotatable bonds is 2. The van der Waals surface area contributed by atoms with Crippen molar-refractivity contribution in [2.24, 2.45) is 0 Å². The number of hydrogen-bond donors (Lipinski definition) is 0. The summed E-state index contributed by atoms with van der Waals surface area (Å²) >= 11 is 0. The summed E-state index contributed by atoms with van der Waals surface area (Å²) in [6.45, 7) is 4.07. The lowest BCUT2D eigenvalue weighted by atomic mass is 9.88. The Balaban J connectivity index is 2.83. The Labute approximate surface area is 86.2 Å². The molecule has 0 radical (unpaired) electrons. The Morgan fingerprint density at radius 3 is 2.43 bits per heavy atom. The molecular weight excluding hydrogens is 172 g/mol. The molecule has 0 aromatic heterocycles. The van der Waals surface area contributed by atoms with Gasteiger partial charge in [-0.15, -0.1) is 0 Å². The highest BCUT2D eigenvalue weighted by Gasteiger charge is 2.09. The first-order chi connectivity index (χ1) is 6.77. The quantitative estimate of drug-likeness (QED) is 0.480. The predicted octanol–water partition coefficient (Wildman–Crippen LogP) is 3.58. The molecule has 1 saturated carbocycles. The highest BCUT2D eigenvalue weighted by molar-refractivity contribution is 5.67. The van der Waals surface area contributed by atoms with E-state index in [0.29, 0.717) is 0 Å². The van der Waals surface area contributed by atoms with Crippen molar-refractivity contribution in [1.29, 1.82) is 0 Å². The zero-order valence-corrected chi connectivity index (χ0v) is 9.05. The van der Waals surface area contributed by atoms with Crippen LogP contribution in [0.25, 0.3) is 0 Å². The summed E-state index contributed by atoms with van der Waals surface area (Å²) in [4.78, 5) is 10.3. The fraction of sp³-hybridized carbons (Fsp3) is 0.462. The van der Waals surface area contributed by atoms with E-state index < -0.39 is 0 Å². The maximum absolute atomic E-state index is 10.3. The van der Waals surface area contributed by atoms with Gasteiger partial charge in [-0.2, -0.15) is 0 Å². The Kier molecular flexibility index (Phi) is 4.37. The molecule has 1 heteroatoms. The maximum atomic E-state index is 10.3. The van der Waals surface area contributed by atoms with E-state index in [9.17, 15) is 4.79 Å². The second kappa shape index (κ2) is 5.58. The summed E-state index contributed by atoms with van der Waals surface area (Å²) in [6.07, 6.45) is 11.7. The predicted molar refractivity (Wildman–Crippen MR) is 60.1 cm³/mol. The summed E-state index contributed by atoms with van der Waals surface area (Å²) in [5, 5.41) is 0. The van der Waals surface area contributed by atoms with Gasteiger partial charge in [0, 0.05) is 0 Å². The first-order valence-electron chi connectivity index (χ1n) is 5.26. The van der Waals surface area contributed by atoms with Crippen LogP contribution in [0.5, 0.6) is 0 Å². The summed E-state index contributed by atoms with van der Waals surface area (Å²) in [6, 6.07) is 0. The van der Waals surface area contributed by atoms with E-state index >= 15 is 0 Å². The molecule has 0 saturated heterocycles. The van der Waals surface area contributed by atoms with Gasteiger partial charge >= 0.3 is 0 Å². The molecule has 0 N–H and O–H groups in total. The minimum atomic E-state index is 0.852. The zero-order valence-electron chi connectivity index (χ0n) is 9.05. The molecule has 0 atom stereocenters. The molecule has 0 aromatic rings. The summed E-state index contributed by atoms with van der Waals surface area (Å²) in [5.74, 6) is 0. The number of carbonyl (C=O) groups is 1. The molecular formula is C13H18O. The van der Waals surface area contributed by atoms with E-state index in [0.717, 1.165) is 18.3 Å². The number of carbonyl (C=O) groups excluding carboxylic acids is 1. The largest absolute Gasteiger partial charge is 0.299 e. The zero-order chi connectivity index (χ0) is 10.4. The van der Waals surface area contributed by atoms with Crippen LogP contribution >= 0.6 is 0 Å². The van der Waals surface area contributed by atoms with Gasteiger partial charge in [0.1, 0.15) is 6.29 Å². The highest BCUT2D eigenvalue weighted by atomic mass is 16.1. The van der Waals surface area contributed by atoms with Crippen LogP contribution in [0.2, 0.25) is 0 Å². The SMILES string of the molecule is C/C=C1/CCCC/C1=C\C(C)=C\C=O. The Bertz CT molecular complexity index is 292. The molecule has 0 aromatic carbocycles. The van der Waals surface area contributed by atoms with Gasteiger partial charge in [-0.25, -0.2) is 0 Å². The molecule has 0 bridgehead atoms. The molecule has 1 rings (SSSR count). The topological polar surface area (TPSA) is 17.1 Å². The van der Waals surface area contributed by atoms with Gasteiger partial charge < -0.3 is 0 Å². The second-order valence-electron chi connectivity index (χ2n) is 3.74. The molecule has 76 valence electrons. The molecule has 0 heterocycles. The molecule has 0 unspecified atom stereocenters. The average molecular weight is 190 g/mol. The van der Waals surface area contributed by atoms with Crippen LogP contribution < -0.4 is 0 Å². The fourth-order valence-corrected chi connectivity index (χ4v) is 1.88. The number of hydrogen-bond acceptors (Lipinski definition) is 1. The van der Waals surface area contributed by atoms with Crippen LogP contribution in [0.1, 0.15) is 39.5 Å². The molecule has 1 fully saturated rings.